The van der Waals surface area contributed by atoms with Gasteiger partial charge in [0.25, 0.3) is 0 Å². The van der Waals surface area contributed by atoms with Crippen LogP contribution in [-0.4, -0.2) is 25.6 Å². The molecule has 0 bridgehead atoms. The van der Waals surface area contributed by atoms with Gasteiger partial charge in [-0.05, 0) is 24.1 Å². The monoisotopic (exact) mass is 307 g/mol. The van der Waals surface area contributed by atoms with Crippen LogP contribution >= 0.6 is 0 Å². The molecule has 1 N–H and O–H groups in total. The Morgan fingerprint density at radius 3 is 2.36 bits per heavy atom. The Kier molecular flexibility index (Phi) is 8.72. The Morgan fingerprint density at radius 1 is 1.05 bits per heavy atom. The van der Waals surface area contributed by atoms with E-state index in [1.165, 1.54) is 12.8 Å². The summed E-state index contributed by atoms with van der Waals surface area (Å²) in [5.74, 6) is -0.772. The van der Waals surface area contributed by atoms with Crippen molar-refractivity contribution in [2.45, 2.75) is 45.6 Å². The molecule has 1 amide bonds. The van der Waals surface area contributed by atoms with E-state index in [0.717, 1.165) is 30.6 Å². The molecule has 0 heterocycles. The number of hydrogen-bond acceptors (Lipinski definition) is 4. The van der Waals surface area contributed by atoms with Gasteiger partial charge in [0, 0.05) is 6.54 Å². The number of hydrogen-bond donors (Lipinski definition) is 1. The molecule has 0 saturated carbocycles. The average molecular weight is 307 g/mol. The highest BCUT2D eigenvalue weighted by atomic mass is 16.5. The zero-order valence-corrected chi connectivity index (χ0v) is 13.4. The number of esters is 1. The summed E-state index contributed by atoms with van der Waals surface area (Å²) in [6.07, 6.45) is 5.33. The summed E-state index contributed by atoms with van der Waals surface area (Å²) >= 11 is 0. The average Bonchev–Trinajstić information content (AvgIpc) is 2.56. The van der Waals surface area contributed by atoms with E-state index < -0.39 is 11.9 Å². The molecule has 0 saturated heterocycles. The number of ether oxygens (including phenoxy) is 2. The van der Waals surface area contributed by atoms with Crippen molar-refractivity contribution in [2.75, 3.05) is 13.7 Å². The van der Waals surface area contributed by atoms with Crippen LogP contribution in [0.3, 0.4) is 0 Å². The van der Waals surface area contributed by atoms with Gasteiger partial charge in [0.05, 0.1) is 13.7 Å². The Balaban J connectivity index is 2.19. The first-order valence-corrected chi connectivity index (χ1v) is 7.75. The van der Waals surface area contributed by atoms with Gasteiger partial charge >= 0.3 is 11.9 Å². The molecule has 5 heteroatoms. The second-order valence-electron chi connectivity index (χ2n) is 5.08. The number of nitrogens with one attached hydrogen (secondary N) is 1. The van der Waals surface area contributed by atoms with Gasteiger partial charge in [-0.1, -0.05) is 44.7 Å². The molecule has 0 aliphatic carbocycles. The minimum Gasteiger partial charge on any atom is -0.497 e. The predicted octanol–water partition coefficient (Wildman–Crippen LogP) is 2.83. The van der Waals surface area contributed by atoms with Crippen molar-refractivity contribution in [3.05, 3.63) is 29.8 Å². The first kappa shape index (κ1) is 18.0. The third-order valence-electron chi connectivity index (χ3n) is 3.28. The highest BCUT2D eigenvalue weighted by Crippen LogP contribution is 2.10. The molecule has 0 atom stereocenters. The first-order valence-electron chi connectivity index (χ1n) is 7.75. The molecule has 0 spiro atoms. The fourth-order valence-electron chi connectivity index (χ4n) is 1.93. The Labute approximate surface area is 132 Å². The van der Waals surface area contributed by atoms with Gasteiger partial charge in [-0.25, -0.2) is 4.79 Å². The number of amides is 1. The zero-order valence-electron chi connectivity index (χ0n) is 13.4. The smallest absolute Gasteiger partial charge is 0.396 e. The van der Waals surface area contributed by atoms with Gasteiger partial charge in [0.15, 0.2) is 0 Å². The third-order valence-corrected chi connectivity index (χ3v) is 3.28. The van der Waals surface area contributed by atoms with Crippen LogP contribution in [0.4, 0.5) is 0 Å². The number of unbranched alkanes of at least 4 members (excludes halogenated alkanes) is 4. The van der Waals surface area contributed by atoms with Gasteiger partial charge in [-0.3, -0.25) is 4.79 Å². The molecule has 5 nitrogen and oxygen atoms in total. The highest BCUT2D eigenvalue weighted by molar-refractivity contribution is 6.32. The van der Waals surface area contributed by atoms with Crippen molar-refractivity contribution >= 4 is 11.9 Å². The Hall–Kier alpha value is -2.04. The van der Waals surface area contributed by atoms with E-state index in [0.29, 0.717) is 6.61 Å². The second-order valence-corrected chi connectivity index (χ2v) is 5.08. The largest absolute Gasteiger partial charge is 0.497 e. The third kappa shape index (κ3) is 7.11. The van der Waals surface area contributed by atoms with Crippen molar-refractivity contribution in [1.29, 1.82) is 0 Å². The summed E-state index contributed by atoms with van der Waals surface area (Å²) < 4.78 is 9.99. The quantitative estimate of drug-likeness (QED) is 0.433. The molecule has 122 valence electrons. The van der Waals surface area contributed by atoms with Crippen molar-refractivity contribution in [1.82, 2.24) is 5.32 Å². The van der Waals surface area contributed by atoms with E-state index in [2.05, 4.69) is 12.2 Å². The topological polar surface area (TPSA) is 64.6 Å². The van der Waals surface area contributed by atoms with E-state index in [4.69, 9.17) is 9.47 Å². The Bertz CT molecular complexity index is 456. The van der Waals surface area contributed by atoms with E-state index in [-0.39, 0.29) is 6.54 Å². The normalized spacial score (nSPS) is 10.1. The lowest BCUT2D eigenvalue weighted by atomic mass is 10.2. The molecule has 1 aromatic carbocycles. The van der Waals surface area contributed by atoms with Gasteiger partial charge in [0.2, 0.25) is 0 Å². The number of carbonyl (C=O) groups is 2. The summed E-state index contributed by atoms with van der Waals surface area (Å²) in [7, 11) is 1.59. The minimum absolute atomic E-state index is 0.286. The number of methoxy groups -OCH3 is 1. The van der Waals surface area contributed by atoms with E-state index in [1.807, 2.05) is 12.1 Å². The number of benzene rings is 1. The van der Waals surface area contributed by atoms with Gasteiger partial charge < -0.3 is 14.8 Å². The molecular weight excluding hydrogens is 282 g/mol. The second kappa shape index (κ2) is 10.7. The standard InChI is InChI=1S/C17H25NO4/c1-3-4-5-6-7-12-22-17(20)16(19)18-13-14-8-10-15(21-2)11-9-14/h8-11H,3-7,12-13H2,1-2H3,(H,18,19). The number of rotatable bonds is 9. The van der Waals surface area contributed by atoms with E-state index in [1.54, 1.807) is 19.2 Å². The lowest BCUT2D eigenvalue weighted by molar-refractivity contribution is -0.155. The highest BCUT2D eigenvalue weighted by Gasteiger charge is 2.14. The van der Waals surface area contributed by atoms with Crippen molar-refractivity contribution < 1.29 is 19.1 Å². The lowest BCUT2D eigenvalue weighted by Crippen LogP contribution is -2.32. The molecule has 22 heavy (non-hydrogen) atoms. The van der Waals surface area contributed by atoms with Crippen LogP contribution < -0.4 is 10.1 Å². The van der Waals surface area contributed by atoms with Crippen LogP contribution in [0, 0.1) is 0 Å². The van der Waals surface area contributed by atoms with E-state index >= 15 is 0 Å². The van der Waals surface area contributed by atoms with Crippen molar-refractivity contribution in [3.63, 3.8) is 0 Å². The molecule has 1 aromatic rings. The summed E-state index contributed by atoms with van der Waals surface area (Å²) in [4.78, 5) is 23.1. The maximum atomic E-state index is 11.6. The van der Waals surface area contributed by atoms with E-state index in [9.17, 15) is 9.59 Å². The van der Waals surface area contributed by atoms with Crippen molar-refractivity contribution in [3.8, 4) is 5.75 Å². The first-order chi connectivity index (χ1) is 10.7. The van der Waals surface area contributed by atoms with Crippen LogP contribution in [-0.2, 0) is 20.9 Å². The maximum absolute atomic E-state index is 11.6. The Morgan fingerprint density at radius 2 is 1.73 bits per heavy atom. The van der Waals surface area contributed by atoms with Crippen LogP contribution in [0.25, 0.3) is 0 Å². The fraction of sp³-hybridized carbons (Fsp3) is 0.529. The molecule has 0 unspecified atom stereocenters. The molecule has 0 fully saturated rings. The van der Waals surface area contributed by atoms with Crippen LogP contribution in [0.1, 0.15) is 44.6 Å². The number of carbonyl (C=O) groups excluding carboxylic acids is 2. The minimum atomic E-state index is -0.816. The molecule has 1 rings (SSSR count). The molecular formula is C17H25NO4. The molecule has 0 aromatic heterocycles. The van der Waals surface area contributed by atoms with Crippen molar-refractivity contribution in [2.24, 2.45) is 0 Å². The SMILES string of the molecule is CCCCCCCOC(=O)C(=O)NCc1ccc(OC)cc1. The van der Waals surface area contributed by atoms with Crippen LogP contribution in [0.2, 0.25) is 0 Å². The van der Waals surface area contributed by atoms with Gasteiger partial charge in [-0.15, -0.1) is 0 Å². The zero-order chi connectivity index (χ0) is 16.2. The molecule has 0 aliphatic rings. The van der Waals surface area contributed by atoms with Gasteiger partial charge in [-0.2, -0.15) is 0 Å². The molecule has 0 radical (unpaired) electrons. The lowest BCUT2D eigenvalue weighted by Gasteiger charge is -2.07. The summed E-state index contributed by atoms with van der Waals surface area (Å²) in [5, 5.41) is 2.54. The molecule has 0 aliphatic heterocycles. The van der Waals surface area contributed by atoms with Gasteiger partial charge in [0.1, 0.15) is 5.75 Å². The van der Waals surface area contributed by atoms with Crippen LogP contribution in [0.5, 0.6) is 5.75 Å². The summed E-state index contributed by atoms with van der Waals surface area (Å²) in [6, 6.07) is 7.27. The fourth-order valence-corrected chi connectivity index (χ4v) is 1.93. The predicted molar refractivity (Wildman–Crippen MR) is 84.6 cm³/mol. The maximum Gasteiger partial charge on any atom is 0.396 e. The summed E-state index contributed by atoms with van der Waals surface area (Å²) in [5.41, 5.74) is 0.890. The summed E-state index contributed by atoms with van der Waals surface area (Å²) in [6.45, 7) is 2.74. The van der Waals surface area contributed by atoms with Crippen LogP contribution in [0.15, 0.2) is 24.3 Å².